The van der Waals surface area contributed by atoms with Crippen LogP contribution in [0, 0.1) is 6.92 Å². The van der Waals surface area contributed by atoms with Gasteiger partial charge in [0.05, 0.1) is 18.9 Å². The van der Waals surface area contributed by atoms with E-state index < -0.39 is 0 Å². The molecule has 1 aromatic heterocycles. The Kier molecular flexibility index (Phi) is 4.57. The van der Waals surface area contributed by atoms with Crippen LogP contribution in [0.5, 0.6) is 0 Å². The fraction of sp³-hybridized carbons (Fsp3) is 0.611. The number of amides is 2. The predicted octanol–water partition coefficient (Wildman–Crippen LogP) is 1.01. The molecule has 0 unspecified atom stereocenters. The molecule has 7 heteroatoms. The smallest absolute Gasteiger partial charge is 0.320 e. The molecule has 4 heterocycles. The van der Waals surface area contributed by atoms with E-state index in [2.05, 4.69) is 22.0 Å². The van der Waals surface area contributed by atoms with Crippen molar-refractivity contribution in [3.05, 3.63) is 29.2 Å². The fourth-order valence-corrected chi connectivity index (χ4v) is 3.76. The van der Waals surface area contributed by atoms with Crippen molar-refractivity contribution in [3.63, 3.8) is 0 Å². The maximum absolute atomic E-state index is 12.8. The molecule has 0 saturated carbocycles. The average Bonchev–Trinajstić information content (AvgIpc) is 3.09. The molecule has 0 aromatic carbocycles. The third kappa shape index (κ3) is 3.33. The van der Waals surface area contributed by atoms with Crippen molar-refractivity contribution in [2.45, 2.75) is 19.8 Å². The largest absolute Gasteiger partial charge is 0.378 e. The van der Waals surface area contributed by atoms with Gasteiger partial charge in [0.15, 0.2) is 0 Å². The zero-order chi connectivity index (χ0) is 17.2. The number of hydrogen-bond donors (Lipinski definition) is 0. The van der Waals surface area contributed by atoms with Crippen molar-refractivity contribution in [2.75, 3.05) is 57.4 Å². The number of morpholine rings is 1. The molecule has 0 atom stereocenters. The van der Waals surface area contributed by atoms with Crippen LogP contribution in [0.15, 0.2) is 12.2 Å². The molecule has 25 heavy (non-hydrogen) atoms. The van der Waals surface area contributed by atoms with Gasteiger partial charge in [-0.1, -0.05) is 12.2 Å². The summed E-state index contributed by atoms with van der Waals surface area (Å²) in [6, 6.07) is 0.130. The van der Waals surface area contributed by atoms with Crippen molar-refractivity contribution in [1.82, 2.24) is 19.8 Å². The highest BCUT2D eigenvalue weighted by molar-refractivity contribution is 5.74. The summed E-state index contributed by atoms with van der Waals surface area (Å²) in [6.07, 6.45) is 5.96. The van der Waals surface area contributed by atoms with Crippen LogP contribution in [0.25, 0.3) is 0 Å². The second-order valence-electron chi connectivity index (χ2n) is 6.77. The molecule has 1 fully saturated rings. The Bertz CT molecular complexity index is 676. The minimum Gasteiger partial charge on any atom is -0.378 e. The number of aryl methyl sites for hydroxylation is 1. The molecule has 3 aliphatic rings. The minimum atomic E-state index is 0.130. The van der Waals surface area contributed by atoms with Crippen LogP contribution in [0.2, 0.25) is 0 Å². The van der Waals surface area contributed by atoms with Crippen molar-refractivity contribution in [1.29, 1.82) is 0 Å². The SMILES string of the molecule is Cc1nc2c(c(N3CC=CC3)n1)CCN(C(=O)N1CCOCC1)CC2. The third-order valence-corrected chi connectivity index (χ3v) is 5.10. The molecule has 0 radical (unpaired) electrons. The molecule has 1 aromatic rings. The first-order valence-electron chi connectivity index (χ1n) is 9.10. The number of ether oxygens (including phenoxy) is 1. The highest BCUT2D eigenvalue weighted by Crippen LogP contribution is 2.26. The maximum Gasteiger partial charge on any atom is 0.320 e. The Balaban J connectivity index is 1.53. The Labute approximate surface area is 148 Å². The first-order chi connectivity index (χ1) is 12.2. The van der Waals surface area contributed by atoms with Crippen molar-refractivity contribution >= 4 is 11.8 Å². The zero-order valence-corrected chi connectivity index (χ0v) is 14.8. The Hall–Kier alpha value is -2.15. The number of rotatable bonds is 1. The third-order valence-electron chi connectivity index (χ3n) is 5.10. The summed E-state index contributed by atoms with van der Waals surface area (Å²) in [6.45, 7) is 7.85. The second-order valence-corrected chi connectivity index (χ2v) is 6.77. The van der Waals surface area contributed by atoms with Crippen molar-refractivity contribution in [2.24, 2.45) is 0 Å². The molecule has 134 valence electrons. The lowest BCUT2D eigenvalue weighted by Crippen LogP contribution is -2.48. The van der Waals surface area contributed by atoms with E-state index in [0.717, 1.165) is 56.4 Å². The normalized spacial score (nSPS) is 20.6. The second kappa shape index (κ2) is 7.00. The Morgan fingerprint density at radius 1 is 1.00 bits per heavy atom. The molecule has 0 spiro atoms. The standard InChI is InChI=1S/C18H25N5O2/c1-14-19-16-5-9-22(18(24)23-10-12-25-13-11-23)8-4-15(16)17(20-14)21-6-2-3-7-21/h2-3H,4-13H2,1H3. The van der Waals surface area contributed by atoms with E-state index in [9.17, 15) is 4.79 Å². The summed E-state index contributed by atoms with van der Waals surface area (Å²) >= 11 is 0. The quantitative estimate of drug-likeness (QED) is 0.713. The van der Waals surface area contributed by atoms with Gasteiger partial charge in [-0.05, 0) is 13.3 Å². The van der Waals surface area contributed by atoms with E-state index >= 15 is 0 Å². The van der Waals surface area contributed by atoms with Crippen LogP contribution in [0.1, 0.15) is 17.1 Å². The molecule has 2 amide bonds. The van der Waals surface area contributed by atoms with Crippen LogP contribution in [-0.4, -0.2) is 78.3 Å². The summed E-state index contributed by atoms with van der Waals surface area (Å²) in [5.41, 5.74) is 2.32. The topological polar surface area (TPSA) is 61.8 Å². The van der Waals surface area contributed by atoms with E-state index in [-0.39, 0.29) is 6.03 Å². The van der Waals surface area contributed by atoms with Crippen LogP contribution < -0.4 is 4.90 Å². The Morgan fingerprint density at radius 2 is 1.68 bits per heavy atom. The van der Waals surface area contributed by atoms with Gasteiger partial charge < -0.3 is 19.4 Å². The highest BCUT2D eigenvalue weighted by Gasteiger charge is 2.27. The zero-order valence-electron chi connectivity index (χ0n) is 14.8. The Morgan fingerprint density at radius 3 is 2.44 bits per heavy atom. The number of nitrogens with zero attached hydrogens (tertiary/aromatic N) is 5. The van der Waals surface area contributed by atoms with Crippen LogP contribution in [0.3, 0.4) is 0 Å². The van der Waals surface area contributed by atoms with Crippen LogP contribution in [0.4, 0.5) is 10.6 Å². The number of anilines is 1. The van der Waals surface area contributed by atoms with Gasteiger partial charge in [0.2, 0.25) is 0 Å². The number of aromatic nitrogens is 2. The summed E-state index contributed by atoms with van der Waals surface area (Å²) in [7, 11) is 0. The van der Waals surface area contributed by atoms with Crippen molar-refractivity contribution < 1.29 is 9.53 Å². The highest BCUT2D eigenvalue weighted by atomic mass is 16.5. The lowest BCUT2D eigenvalue weighted by atomic mass is 10.1. The number of hydrogen-bond acceptors (Lipinski definition) is 5. The predicted molar refractivity (Wildman–Crippen MR) is 94.9 cm³/mol. The van der Waals surface area contributed by atoms with E-state index in [1.807, 2.05) is 16.7 Å². The van der Waals surface area contributed by atoms with Gasteiger partial charge in [0, 0.05) is 51.3 Å². The monoisotopic (exact) mass is 343 g/mol. The molecule has 0 aliphatic carbocycles. The van der Waals surface area contributed by atoms with Gasteiger partial charge >= 0.3 is 6.03 Å². The number of fused-ring (bicyclic) bond motifs is 1. The van der Waals surface area contributed by atoms with Crippen molar-refractivity contribution in [3.8, 4) is 0 Å². The number of carbonyl (C=O) groups is 1. The lowest BCUT2D eigenvalue weighted by molar-refractivity contribution is 0.0436. The van der Waals surface area contributed by atoms with Gasteiger partial charge in [-0.3, -0.25) is 0 Å². The molecule has 7 nitrogen and oxygen atoms in total. The van der Waals surface area contributed by atoms with Gasteiger partial charge in [0.1, 0.15) is 11.6 Å². The first-order valence-corrected chi connectivity index (χ1v) is 9.10. The molecular weight excluding hydrogens is 318 g/mol. The summed E-state index contributed by atoms with van der Waals surface area (Å²) in [5, 5.41) is 0. The molecule has 4 rings (SSSR count). The van der Waals surface area contributed by atoms with E-state index in [1.54, 1.807) is 0 Å². The average molecular weight is 343 g/mol. The molecule has 3 aliphatic heterocycles. The lowest BCUT2D eigenvalue weighted by Gasteiger charge is -2.32. The van der Waals surface area contributed by atoms with E-state index in [4.69, 9.17) is 9.72 Å². The van der Waals surface area contributed by atoms with Gasteiger partial charge in [-0.25, -0.2) is 14.8 Å². The molecule has 0 N–H and O–H groups in total. The van der Waals surface area contributed by atoms with Gasteiger partial charge in [0.25, 0.3) is 0 Å². The first kappa shape index (κ1) is 16.3. The van der Waals surface area contributed by atoms with Gasteiger partial charge in [-0.2, -0.15) is 0 Å². The number of urea groups is 1. The van der Waals surface area contributed by atoms with Gasteiger partial charge in [-0.15, -0.1) is 0 Å². The number of carbonyl (C=O) groups excluding carboxylic acids is 1. The summed E-state index contributed by atoms with van der Waals surface area (Å²) in [4.78, 5) is 28.4. The molecular formula is C18H25N5O2. The summed E-state index contributed by atoms with van der Waals surface area (Å²) in [5.74, 6) is 1.86. The van der Waals surface area contributed by atoms with E-state index in [1.165, 1.54) is 5.56 Å². The summed E-state index contributed by atoms with van der Waals surface area (Å²) < 4.78 is 5.36. The minimum absolute atomic E-state index is 0.130. The molecule has 1 saturated heterocycles. The fourth-order valence-electron chi connectivity index (χ4n) is 3.76. The van der Waals surface area contributed by atoms with E-state index in [0.29, 0.717) is 26.3 Å². The maximum atomic E-state index is 12.8. The molecule has 0 bridgehead atoms. The van der Waals surface area contributed by atoms with Crippen LogP contribution in [-0.2, 0) is 17.6 Å². The van der Waals surface area contributed by atoms with Crippen LogP contribution >= 0.6 is 0 Å².